The van der Waals surface area contributed by atoms with Crippen molar-refractivity contribution in [2.24, 2.45) is 0 Å². The van der Waals surface area contributed by atoms with Gasteiger partial charge in [-0.2, -0.15) is 0 Å². The van der Waals surface area contributed by atoms with E-state index in [-0.39, 0.29) is 12.5 Å². The molecular weight excluding hydrogens is 244 g/mol. The highest BCUT2D eigenvalue weighted by molar-refractivity contribution is 5.94. The predicted molar refractivity (Wildman–Crippen MR) is 72.1 cm³/mol. The Hall–Kier alpha value is -2.04. The minimum atomic E-state index is -0.789. The Morgan fingerprint density at radius 2 is 2.05 bits per heavy atom. The monoisotopic (exact) mass is 262 g/mol. The molecule has 1 N–H and O–H groups in total. The zero-order valence-corrected chi connectivity index (χ0v) is 11.0. The maximum Gasteiger partial charge on any atom is 0.324 e. The number of carbonyl (C=O) groups excluding carboxylic acids is 1. The number of hydrogen-bond donors (Lipinski definition) is 1. The van der Waals surface area contributed by atoms with Crippen molar-refractivity contribution < 1.29 is 14.7 Å². The van der Waals surface area contributed by atoms with Crippen LogP contribution in [0.2, 0.25) is 0 Å². The number of carboxylic acid groups (broad SMARTS) is 1. The van der Waals surface area contributed by atoms with E-state index in [1.165, 1.54) is 0 Å². The number of rotatable bonds is 5. The average molecular weight is 262 g/mol. The summed E-state index contributed by atoms with van der Waals surface area (Å²) in [6.45, 7) is 1.19. The molecule has 1 aromatic rings. The molecule has 1 aliphatic heterocycles. The maximum absolute atomic E-state index is 12.2. The first-order valence-electron chi connectivity index (χ1n) is 6.42. The molecule has 2 rings (SSSR count). The fourth-order valence-electron chi connectivity index (χ4n) is 2.30. The Morgan fingerprint density at radius 3 is 2.79 bits per heavy atom. The number of para-hydroxylation sites is 1. The zero-order chi connectivity index (χ0) is 13.8. The Kier molecular flexibility index (Phi) is 4.04. The lowest BCUT2D eigenvalue weighted by Gasteiger charge is -2.35. The van der Waals surface area contributed by atoms with E-state index in [9.17, 15) is 9.59 Å². The van der Waals surface area contributed by atoms with Crippen LogP contribution in [0.1, 0.15) is 24.8 Å². The molecule has 0 aromatic heterocycles. The Morgan fingerprint density at radius 1 is 1.32 bits per heavy atom. The predicted octanol–water partition coefficient (Wildman–Crippen LogP) is 2.31. The Bertz CT molecular complexity index is 487. The summed E-state index contributed by atoms with van der Waals surface area (Å²) < 4.78 is 0. The third-order valence-corrected chi connectivity index (χ3v) is 3.27. The zero-order valence-electron chi connectivity index (χ0n) is 11.0. The molecule has 0 bridgehead atoms. The number of urea groups is 1. The number of aliphatic carboxylic acids is 1. The summed E-state index contributed by atoms with van der Waals surface area (Å²) in [6, 6.07) is 7.82. The van der Waals surface area contributed by atoms with Crippen LogP contribution in [-0.2, 0) is 11.3 Å². The molecule has 1 heterocycles. The normalized spacial score (nSPS) is 14.5. The van der Waals surface area contributed by atoms with Gasteiger partial charge in [0.1, 0.15) is 0 Å². The molecule has 0 radical (unpaired) electrons. The molecule has 5 nitrogen and oxygen atoms in total. The van der Waals surface area contributed by atoms with E-state index in [0.717, 1.165) is 11.3 Å². The van der Waals surface area contributed by atoms with Crippen LogP contribution in [0, 0.1) is 0 Å². The molecule has 0 aliphatic carbocycles. The molecule has 0 saturated heterocycles. The number of nitrogens with zero attached hydrogens (tertiary/aromatic N) is 2. The van der Waals surface area contributed by atoms with Crippen LogP contribution in [0.4, 0.5) is 10.5 Å². The van der Waals surface area contributed by atoms with E-state index in [0.29, 0.717) is 25.9 Å². The molecule has 0 atom stereocenters. The quantitative estimate of drug-likeness (QED) is 0.828. The van der Waals surface area contributed by atoms with Crippen molar-refractivity contribution in [2.75, 3.05) is 18.5 Å². The maximum atomic E-state index is 12.2. The topological polar surface area (TPSA) is 60.9 Å². The summed E-state index contributed by atoms with van der Waals surface area (Å²) >= 11 is 0. The number of carbonyl (C=O) groups is 2. The van der Waals surface area contributed by atoms with Crippen LogP contribution in [0.15, 0.2) is 24.3 Å². The van der Waals surface area contributed by atoms with Gasteiger partial charge >= 0.3 is 12.0 Å². The van der Waals surface area contributed by atoms with Gasteiger partial charge in [-0.3, -0.25) is 9.69 Å². The fraction of sp³-hybridized carbons (Fsp3) is 0.429. The molecule has 0 saturated carbocycles. The third-order valence-electron chi connectivity index (χ3n) is 3.27. The van der Waals surface area contributed by atoms with Gasteiger partial charge in [0.05, 0.1) is 5.69 Å². The summed E-state index contributed by atoms with van der Waals surface area (Å²) in [6.07, 6.45) is 1.44. The van der Waals surface area contributed by atoms with Crippen LogP contribution in [-0.4, -0.2) is 35.6 Å². The van der Waals surface area contributed by atoms with Gasteiger partial charge in [-0.05, 0) is 24.5 Å². The summed E-state index contributed by atoms with van der Waals surface area (Å²) in [5.74, 6) is -0.789. The molecule has 1 aromatic carbocycles. The lowest BCUT2D eigenvalue weighted by atomic mass is 10.1. The molecule has 0 unspecified atom stereocenters. The van der Waals surface area contributed by atoms with Gasteiger partial charge in [0.2, 0.25) is 0 Å². The van der Waals surface area contributed by atoms with E-state index in [4.69, 9.17) is 5.11 Å². The van der Waals surface area contributed by atoms with Crippen molar-refractivity contribution in [3.63, 3.8) is 0 Å². The van der Waals surface area contributed by atoms with Crippen molar-refractivity contribution in [2.45, 2.75) is 25.8 Å². The van der Waals surface area contributed by atoms with Gasteiger partial charge in [0.25, 0.3) is 0 Å². The second kappa shape index (κ2) is 5.73. The van der Waals surface area contributed by atoms with Crippen molar-refractivity contribution in [1.29, 1.82) is 0 Å². The highest BCUT2D eigenvalue weighted by atomic mass is 16.4. The van der Waals surface area contributed by atoms with Crippen molar-refractivity contribution in [3.05, 3.63) is 29.8 Å². The second-order valence-corrected chi connectivity index (χ2v) is 4.77. The van der Waals surface area contributed by atoms with Crippen LogP contribution >= 0.6 is 0 Å². The van der Waals surface area contributed by atoms with Gasteiger partial charge in [-0.25, -0.2) is 4.79 Å². The van der Waals surface area contributed by atoms with Crippen molar-refractivity contribution in [1.82, 2.24) is 4.90 Å². The average Bonchev–Trinajstić information content (AvgIpc) is 2.38. The van der Waals surface area contributed by atoms with Gasteiger partial charge in [-0.15, -0.1) is 0 Å². The highest BCUT2D eigenvalue weighted by Crippen LogP contribution is 2.27. The lowest BCUT2D eigenvalue weighted by Crippen LogP contribution is -2.45. The van der Waals surface area contributed by atoms with E-state index in [1.807, 2.05) is 24.3 Å². The van der Waals surface area contributed by atoms with Gasteiger partial charge in [-0.1, -0.05) is 18.2 Å². The minimum Gasteiger partial charge on any atom is -0.481 e. The van der Waals surface area contributed by atoms with Crippen molar-refractivity contribution in [3.8, 4) is 0 Å². The van der Waals surface area contributed by atoms with Crippen LogP contribution in [0.5, 0.6) is 0 Å². The second-order valence-electron chi connectivity index (χ2n) is 4.77. The SMILES string of the molecule is CN1Cc2ccccc2N(CCCCC(=O)O)C1=O. The minimum absolute atomic E-state index is 0.0194. The fourth-order valence-corrected chi connectivity index (χ4v) is 2.30. The number of unbranched alkanes of at least 4 members (excludes halogenated alkanes) is 1. The van der Waals surface area contributed by atoms with Crippen molar-refractivity contribution >= 4 is 17.7 Å². The third kappa shape index (κ3) is 3.05. The lowest BCUT2D eigenvalue weighted by molar-refractivity contribution is -0.137. The van der Waals surface area contributed by atoms with E-state index >= 15 is 0 Å². The highest BCUT2D eigenvalue weighted by Gasteiger charge is 2.26. The number of carboxylic acids is 1. The summed E-state index contributed by atoms with van der Waals surface area (Å²) in [7, 11) is 1.78. The standard InChI is InChI=1S/C14H18N2O3/c1-15-10-11-6-2-3-7-12(11)16(14(15)19)9-5-4-8-13(17)18/h2-3,6-7H,4-5,8-10H2,1H3,(H,17,18). The number of fused-ring (bicyclic) bond motifs is 1. The molecule has 102 valence electrons. The first kappa shape index (κ1) is 13.4. The first-order chi connectivity index (χ1) is 9.09. The number of benzene rings is 1. The largest absolute Gasteiger partial charge is 0.481 e. The summed E-state index contributed by atoms with van der Waals surface area (Å²) in [5, 5.41) is 8.61. The van der Waals surface area contributed by atoms with E-state index < -0.39 is 5.97 Å². The molecule has 0 fully saturated rings. The molecular formula is C14H18N2O3. The molecule has 19 heavy (non-hydrogen) atoms. The van der Waals surface area contributed by atoms with E-state index in [1.54, 1.807) is 16.8 Å². The van der Waals surface area contributed by atoms with Gasteiger partial charge in [0.15, 0.2) is 0 Å². The van der Waals surface area contributed by atoms with Crippen LogP contribution in [0.3, 0.4) is 0 Å². The van der Waals surface area contributed by atoms with Gasteiger partial charge in [0, 0.05) is 26.6 Å². The van der Waals surface area contributed by atoms with E-state index in [2.05, 4.69) is 0 Å². The van der Waals surface area contributed by atoms with Crippen LogP contribution < -0.4 is 4.90 Å². The summed E-state index contributed by atoms with van der Waals surface area (Å²) in [4.78, 5) is 26.0. The molecule has 5 heteroatoms. The number of amides is 2. The number of hydrogen-bond acceptors (Lipinski definition) is 2. The Labute approximate surface area is 112 Å². The molecule has 1 aliphatic rings. The first-order valence-corrected chi connectivity index (χ1v) is 6.42. The Balaban J connectivity index is 2.05. The summed E-state index contributed by atoms with van der Waals surface area (Å²) in [5.41, 5.74) is 2.07. The number of anilines is 1. The van der Waals surface area contributed by atoms with Crippen LogP contribution in [0.25, 0.3) is 0 Å². The smallest absolute Gasteiger partial charge is 0.324 e. The molecule has 2 amide bonds. The van der Waals surface area contributed by atoms with Gasteiger partial charge < -0.3 is 10.0 Å². The molecule has 0 spiro atoms.